The van der Waals surface area contributed by atoms with E-state index in [1.165, 1.54) is 0 Å². The second-order valence-corrected chi connectivity index (χ2v) is 9.40. The Kier molecular flexibility index (Phi) is 7.26. The lowest BCUT2D eigenvalue weighted by molar-refractivity contribution is -0.122. The number of piperidine rings is 1. The van der Waals surface area contributed by atoms with Crippen LogP contribution in [0.1, 0.15) is 49.3 Å². The van der Waals surface area contributed by atoms with E-state index in [4.69, 9.17) is 22.1 Å². The van der Waals surface area contributed by atoms with Gasteiger partial charge in [0.2, 0.25) is 5.91 Å². The zero-order valence-corrected chi connectivity index (χ0v) is 19.2. The summed E-state index contributed by atoms with van der Waals surface area (Å²) in [6.07, 6.45) is 2.50. The Morgan fingerprint density at radius 1 is 1.32 bits per heavy atom. The van der Waals surface area contributed by atoms with Gasteiger partial charge in [-0.2, -0.15) is 5.10 Å². The number of nitrogens with zero attached hydrogens (tertiary/aromatic N) is 3. The first-order valence-electron chi connectivity index (χ1n) is 10.7. The van der Waals surface area contributed by atoms with Crippen LogP contribution in [0.4, 0.5) is 0 Å². The molecule has 3 rings (SSSR count). The number of ether oxygens (including phenoxy) is 1. The highest BCUT2D eigenvalue weighted by molar-refractivity contribution is 6.30. The fourth-order valence-corrected chi connectivity index (χ4v) is 4.44. The number of carbonyl (C=O) groups excluding carboxylic acids is 2. The molecule has 1 aliphatic rings. The first-order valence-corrected chi connectivity index (χ1v) is 11.0. The summed E-state index contributed by atoms with van der Waals surface area (Å²) in [5.41, 5.74) is 6.50. The number of aromatic nitrogens is 2. The lowest BCUT2D eigenvalue weighted by Gasteiger charge is -2.42. The molecule has 0 aliphatic carbocycles. The topological polar surface area (TPSA) is 90.5 Å². The molecule has 0 bridgehead atoms. The first kappa shape index (κ1) is 23.1. The van der Waals surface area contributed by atoms with E-state index in [1.54, 1.807) is 28.8 Å². The molecular weight excluding hydrogens is 416 g/mol. The third-order valence-corrected chi connectivity index (χ3v) is 5.84. The maximum Gasteiger partial charge on any atom is 0.272 e. The second kappa shape index (κ2) is 9.73. The fourth-order valence-electron chi connectivity index (χ4n) is 4.26. The van der Waals surface area contributed by atoms with Gasteiger partial charge in [-0.3, -0.25) is 14.3 Å². The van der Waals surface area contributed by atoms with Crippen LogP contribution in [0.5, 0.6) is 5.75 Å². The highest BCUT2D eigenvalue weighted by Gasteiger charge is 2.40. The Morgan fingerprint density at radius 2 is 2.10 bits per heavy atom. The highest BCUT2D eigenvalue weighted by Crippen LogP contribution is 2.35. The molecule has 2 N–H and O–H groups in total. The summed E-state index contributed by atoms with van der Waals surface area (Å²) in [6, 6.07) is 9.01. The minimum Gasteiger partial charge on any atom is -0.493 e. The number of amides is 2. The third-order valence-electron chi connectivity index (χ3n) is 5.61. The zero-order chi connectivity index (χ0) is 22.6. The Balaban J connectivity index is 1.77. The van der Waals surface area contributed by atoms with Gasteiger partial charge in [0.15, 0.2) is 0 Å². The van der Waals surface area contributed by atoms with Crippen LogP contribution >= 0.6 is 11.6 Å². The van der Waals surface area contributed by atoms with Crippen molar-refractivity contribution >= 4 is 23.4 Å². The quantitative estimate of drug-likeness (QED) is 0.672. The van der Waals surface area contributed by atoms with Crippen LogP contribution in [0.3, 0.4) is 0 Å². The van der Waals surface area contributed by atoms with Crippen molar-refractivity contribution in [1.82, 2.24) is 14.7 Å². The number of likely N-dealkylation sites (tertiary alicyclic amines) is 1. The van der Waals surface area contributed by atoms with Crippen LogP contribution in [0, 0.1) is 11.3 Å². The van der Waals surface area contributed by atoms with Crippen molar-refractivity contribution in [1.29, 1.82) is 0 Å². The van der Waals surface area contributed by atoms with Gasteiger partial charge in [0.25, 0.3) is 5.91 Å². The van der Waals surface area contributed by atoms with Gasteiger partial charge >= 0.3 is 0 Å². The molecule has 8 heteroatoms. The lowest BCUT2D eigenvalue weighted by Crippen LogP contribution is -2.50. The highest BCUT2D eigenvalue weighted by atomic mass is 35.5. The smallest absolute Gasteiger partial charge is 0.272 e. The predicted molar refractivity (Wildman–Crippen MR) is 120 cm³/mol. The van der Waals surface area contributed by atoms with Gasteiger partial charge in [-0.15, -0.1) is 0 Å². The minimum atomic E-state index is -0.540. The average molecular weight is 447 g/mol. The molecule has 1 atom stereocenters. The molecule has 1 aliphatic heterocycles. The van der Waals surface area contributed by atoms with Gasteiger partial charge in [0, 0.05) is 37.0 Å². The van der Waals surface area contributed by atoms with Crippen molar-refractivity contribution in [3.05, 3.63) is 46.7 Å². The maximum atomic E-state index is 13.3. The van der Waals surface area contributed by atoms with Crippen LogP contribution < -0.4 is 10.5 Å². The largest absolute Gasteiger partial charge is 0.493 e. The molecule has 1 fully saturated rings. The van der Waals surface area contributed by atoms with Gasteiger partial charge in [-0.25, -0.2) is 0 Å². The summed E-state index contributed by atoms with van der Waals surface area (Å²) in [5.74, 6) is 0.606. The summed E-state index contributed by atoms with van der Waals surface area (Å²) < 4.78 is 7.63. The van der Waals surface area contributed by atoms with Crippen LogP contribution in [-0.2, 0) is 18.3 Å². The summed E-state index contributed by atoms with van der Waals surface area (Å²) in [6.45, 7) is 5.56. The summed E-state index contributed by atoms with van der Waals surface area (Å²) in [7, 11) is 1.79. The maximum absolute atomic E-state index is 13.3. The minimum absolute atomic E-state index is 0.0821. The van der Waals surface area contributed by atoms with Gasteiger partial charge in [-0.05, 0) is 49.4 Å². The van der Waals surface area contributed by atoms with Gasteiger partial charge < -0.3 is 15.4 Å². The van der Waals surface area contributed by atoms with E-state index in [2.05, 4.69) is 18.9 Å². The van der Waals surface area contributed by atoms with E-state index in [0.717, 1.165) is 25.0 Å². The molecule has 7 nitrogen and oxygen atoms in total. The Bertz CT molecular complexity index is 943. The lowest BCUT2D eigenvalue weighted by atomic mass is 9.77. The number of primary amides is 1. The van der Waals surface area contributed by atoms with Crippen molar-refractivity contribution in [2.75, 3.05) is 19.7 Å². The monoisotopic (exact) mass is 446 g/mol. The molecule has 0 radical (unpaired) electrons. The molecule has 31 heavy (non-hydrogen) atoms. The molecule has 168 valence electrons. The summed E-state index contributed by atoms with van der Waals surface area (Å²) >= 11 is 6.05. The summed E-state index contributed by atoms with van der Waals surface area (Å²) in [4.78, 5) is 27.0. The van der Waals surface area contributed by atoms with Crippen LogP contribution in [-0.4, -0.2) is 46.2 Å². The number of hydrogen-bond acceptors (Lipinski definition) is 4. The third kappa shape index (κ3) is 6.00. The molecule has 2 aromatic rings. The Morgan fingerprint density at radius 3 is 2.77 bits per heavy atom. The average Bonchev–Trinajstić information content (AvgIpc) is 3.05. The van der Waals surface area contributed by atoms with Crippen LogP contribution in [0.25, 0.3) is 0 Å². The fraction of sp³-hybridized carbons (Fsp3) is 0.522. The van der Waals surface area contributed by atoms with Crippen molar-refractivity contribution in [3.63, 3.8) is 0 Å². The zero-order valence-electron chi connectivity index (χ0n) is 18.4. The standard InChI is InChI=1S/C23H31ClN4O3/c1-16(2)10-18-12-20(27(3)26-18)22(30)28-9-5-8-23(14-28,13-21(25)29)15-31-19-7-4-6-17(24)11-19/h4,6-7,11-12,16H,5,8-10,13-15H2,1-3H3,(H2,25,29)/t23-/m1/s1. The number of aryl methyl sites for hydroxylation is 1. The Hall–Kier alpha value is -2.54. The molecule has 0 saturated carbocycles. The van der Waals surface area contributed by atoms with E-state index in [0.29, 0.717) is 35.5 Å². The number of benzene rings is 1. The summed E-state index contributed by atoms with van der Waals surface area (Å²) in [5, 5.41) is 5.07. The van der Waals surface area contributed by atoms with E-state index in [1.807, 2.05) is 18.2 Å². The number of nitrogens with two attached hydrogens (primary N) is 1. The van der Waals surface area contributed by atoms with E-state index >= 15 is 0 Å². The van der Waals surface area contributed by atoms with Crippen LogP contribution in [0.15, 0.2) is 30.3 Å². The normalized spacial score (nSPS) is 18.9. The van der Waals surface area contributed by atoms with E-state index in [-0.39, 0.29) is 18.9 Å². The number of halogens is 1. The SMILES string of the molecule is CC(C)Cc1cc(C(=O)N2CCC[C@@](COc3cccc(Cl)c3)(CC(N)=O)C2)n(C)n1. The van der Waals surface area contributed by atoms with Crippen LogP contribution in [0.2, 0.25) is 5.02 Å². The number of rotatable bonds is 8. The van der Waals surface area contributed by atoms with Crippen molar-refractivity contribution in [2.45, 2.75) is 39.5 Å². The molecular formula is C23H31ClN4O3. The first-order chi connectivity index (χ1) is 14.7. The van der Waals surface area contributed by atoms with Crippen molar-refractivity contribution < 1.29 is 14.3 Å². The predicted octanol–water partition coefficient (Wildman–Crippen LogP) is 3.45. The van der Waals surface area contributed by atoms with Gasteiger partial charge in [0.05, 0.1) is 12.3 Å². The van der Waals surface area contributed by atoms with E-state index in [9.17, 15) is 9.59 Å². The molecule has 1 aromatic heterocycles. The van der Waals surface area contributed by atoms with Crippen molar-refractivity contribution in [2.24, 2.45) is 24.1 Å². The van der Waals surface area contributed by atoms with Crippen molar-refractivity contribution in [3.8, 4) is 5.75 Å². The number of hydrogen-bond donors (Lipinski definition) is 1. The molecule has 2 heterocycles. The molecule has 2 amide bonds. The molecule has 1 aromatic carbocycles. The van der Waals surface area contributed by atoms with E-state index < -0.39 is 11.3 Å². The molecule has 1 saturated heterocycles. The van der Waals surface area contributed by atoms with Gasteiger partial charge in [0.1, 0.15) is 11.4 Å². The second-order valence-electron chi connectivity index (χ2n) is 8.96. The Labute approximate surface area is 188 Å². The van der Waals surface area contributed by atoms with Gasteiger partial charge in [-0.1, -0.05) is 31.5 Å². The molecule has 0 unspecified atom stereocenters. The number of carbonyl (C=O) groups is 2. The molecule has 0 spiro atoms.